The number of esters is 1. The van der Waals surface area contributed by atoms with E-state index in [2.05, 4.69) is 41.5 Å². The van der Waals surface area contributed by atoms with Crippen molar-refractivity contribution in [3.05, 3.63) is 154 Å². The molecule has 0 radical (unpaired) electrons. The number of pyridine rings is 2. The van der Waals surface area contributed by atoms with Crippen LogP contribution in [0.2, 0.25) is 0 Å². The van der Waals surface area contributed by atoms with Gasteiger partial charge in [-0.2, -0.15) is 0 Å². The van der Waals surface area contributed by atoms with Crippen molar-refractivity contribution >= 4 is 58.4 Å². The Morgan fingerprint density at radius 3 is 1.34 bits per heavy atom. The molecule has 0 bridgehead atoms. The van der Waals surface area contributed by atoms with Crippen LogP contribution in [-0.4, -0.2) is 128 Å². The molecule has 2 atom stereocenters. The number of rotatable bonds is 27. The van der Waals surface area contributed by atoms with Gasteiger partial charge in [0.15, 0.2) is 47.9 Å². The van der Waals surface area contributed by atoms with Crippen molar-refractivity contribution in [1.82, 2.24) is 9.97 Å². The molecule has 0 saturated heterocycles. The SMILES string of the molecule is CC.CCOC(=O)COc1c(CNc2ncccc2C(=O)Nc2ccc(/C(N)=N/O)cc2)cc(C(O)CO)cc1OCC.CCOc1cc(C(O)CO)cc(CNc2ncccc2C(=O)Nc2ccc(/C(N)=N/O)cc2)c1OCC(=O)O. The summed E-state index contributed by atoms with van der Waals surface area (Å²) in [6.45, 7) is 7.85. The fraction of sp³-hybridized carbons (Fsp3) is 0.286. The van der Waals surface area contributed by atoms with Gasteiger partial charge in [-0.25, -0.2) is 19.6 Å². The van der Waals surface area contributed by atoms with Crippen molar-refractivity contribution < 1.29 is 78.8 Å². The maximum Gasteiger partial charge on any atom is 0.344 e. The highest BCUT2D eigenvalue weighted by Crippen LogP contribution is 2.37. The first-order valence-electron chi connectivity index (χ1n) is 25.5. The molecule has 0 aliphatic heterocycles. The van der Waals surface area contributed by atoms with Crippen LogP contribution in [-0.2, 0) is 27.4 Å². The molecule has 15 N–H and O–H groups in total. The summed E-state index contributed by atoms with van der Waals surface area (Å²) in [5.74, 6) is -1.53. The van der Waals surface area contributed by atoms with Gasteiger partial charge in [0.05, 0.1) is 44.2 Å². The standard InChI is InChI=1S/C28H33N5O8.C26H29N5O8.C2H6/c1-3-39-23-13-18(22(35)15-34)12-19(25(23)41-16-24(36)40-4-2)14-31-27-21(6-5-11-30-27)28(37)32-20-9-7-17(8-10-20)26(29)33-38;1-2-38-21-11-16(20(33)13-32)10-17(23(21)39-14-22(34)35)12-29-25-19(4-3-9-28-25)26(36)30-18-7-5-15(6-8-18)24(27)31-37;1-2/h5-13,22,34-35,38H,3-4,14-16H2,1-2H3,(H2,29,33)(H,30,31)(H,32,37);3-11,20,32-33,37H,2,12-14H2,1H3,(H2,27,31)(H,28,29)(H,30,36)(H,34,35);1-2H3. The number of aromatic nitrogens is 2. The number of hydrogen-bond acceptors (Lipinski definition) is 21. The fourth-order valence-corrected chi connectivity index (χ4v) is 7.32. The van der Waals surface area contributed by atoms with E-state index in [1.165, 1.54) is 24.5 Å². The lowest BCUT2D eigenvalue weighted by Crippen LogP contribution is -2.18. The molecule has 2 aromatic heterocycles. The van der Waals surface area contributed by atoms with Gasteiger partial charge in [-0.05, 0) is 129 Å². The second-order valence-electron chi connectivity index (χ2n) is 16.6. The van der Waals surface area contributed by atoms with Gasteiger partial charge >= 0.3 is 11.9 Å². The number of nitrogens with zero attached hydrogens (tertiary/aromatic N) is 4. The highest BCUT2D eigenvalue weighted by molar-refractivity contribution is 6.08. The third-order valence-electron chi connectivity index (χ3n) is 11.1. The molecule has 2 amide bonds. The maximum absolute atomic E-state index is 13.1. The van der Waals surface area contributed by atoms with Crippen LogP contribution in [0, 0.1) is 0 Å². The number of aliphatic hydroxyl groups excluding tert-OH is 4. The fourth-order valence-electron chi connectivity index (χ4n) is 7.32. The van der Waals surface area contributed by atoms with Gasteiger partial charge in [0, 0.05) is 59.1 Å². The number of anilines is 4. The average molecular weight is 1140 g/mol. The van der Waals surface area contributed by atoms with E-state index in [1.807, 2.05) is 13.8 Å². The van der Waals surface area contributed by atoms with Gasteiger partial charge in [-0.15, -0.1) is 0 Å². The molecule has 6 rings (SSSR count). The smallest absolute Gasteiger partial charge is 0.344 e. The molecule has 0 aliphatic rings. The summed E-state index contributed by atoms with van der Waals surface area (Å²) in [6, 6.07) is 25.2. The summed E-state index contributed by atoms with van der Waals surface area (Å²) >= 11 is 0. The number of benzene rings is 4. The summed E-state index contributed by atoms with van der Waals surface area (Å²) in [7, 11) is 0. The van der Waals surface area contributed by atoms with Gasteiger partial charge in [0.25, 0.3) is 11.8 Å². The minimum Gasteiger partial charge on any atom is -0.490 e. The molecule has 0 saturated carbocycles. The van der Waals surface area contributed by atoms with E-state index in [4.69, 9.17) is 50.7 Å². The van der Waals surface area contributed by atoms with E-state index in [-0.39, 0.29) is 96.9 Å². The Morgan fingerprint density at radius 2 is 0.988 bits per heavy atom. The number of carboxylic acid groups (broad SMARTS) is 1. The largest absolute Gasteiger partial charge is 0.490 e. The van der Waals surface area contributed by atoms with Crippen molar-refractivity contribution in [2.45, 2.75) is 59.9 Å². The Balaban J connectivity index is 0.000000343. The number of carbonyl (C=O) groups is 4. The van der Waals surface area contributed by atoms with Gasteiger partial charge < -0.3 is 92.4 Å². The first kappa shape index (κ1) is 64.8. The Labute approximate surface area is 472 Å². The zero-order valence-corrected chi connectivity index (χ0v) is 45.7. The molecule has 26 nitrogen and oxygen atoms in total. The minimum atomic E-state index is -1.21. The molecule has 26 heteroatoms. The third kappa shape index (κ3) is 19.0. The first-order chi connectivity index (χ1) is 39.6. The van der Waals surface area contributed by atoms with E-state index >= 15 is 0 Å². The van der Waals surface area contributed by atoms with Gasteiger partial charge in [-0.1, -0.05) is 24.2 Å². The van der Waals surface area contributed by atoms with Crippen LogP contribution in [0.4, 0.5) is 23.0 Å². The number of carboxylic acids is 1. The van der Waals surface area contributed by atoms with E-state index in [9.17, 15) is 39.6 Å². The Morgan fingerprint density at radius 1 is 0.585 bits per heavy atom. The minimum absolute atomic E-state index is 0.00672. The molecular weight excluding hydrogens is 1070 g/mol. The lowest BCUT2D eigenvalue weighted by molar-refractivity contribution is -0.145. The highest BCUT2D eigenvalue weighted by atomic mass is 16.6. The zero-order valence-electron chi connectivity index (χ0n) is 45.7. The molecule has 82 heavy (non-hydrogen) atoms. The van der Waals surface area contributed by atoms with E-state index in [0.29, 0.717) is 44.8 Å². The maximum atomic E-state index is 13.1. The second-order valence-corrected chi connectivity index (χ2v) is 16.6. The number of nitrogens with two attached hydrogens (primary N) is 2. The van der Waals surface area contributed by atoms with E-state index in [0.717, 1.165) is 0 Å². The molecule has 0 fully saturated rings. The molecule has 0 aliphatic carbocycles. The number of aliphatic carboxylic acids is 1. The van der Waals surface area contributed by atoms with Gasteiger partial charge in [0.2, 0.25) is 0 Å². The number of hydrogen-bond donors (Lipinski definition) is 13. The lowest BCUT2D eigenvalue weighted by atomic mass is 10.0. The predicted molar refractivity (Wildman–Crippen MR) is 303 cm³/mol. The van der Waals surface area contributed by atoms with Crippen LogP contribution in [0.25, 0.3) is 0 Å². The van der Waals surface area contributed by atoms with Crippen LogP contribution in [0.5, 0.6) is 23.0 Å². The molecule has 0 spiro atoms. The molecule has 2 heterocycles. The topological polar surface area (TPSA) is 407 Å². The Kier molecular flexibility index (Phi) is 26.6. The summed E-state index contributed by atoms with van der Waals surface area (Å²) < 4.78 is 27.5. The van der Waals surface area contributed by atoms with Crippen molar-refractivity contribution in [3.63, 3.8) is 0 Å². The Hall–Kier alpha value is -9.76. The third-order valence-corrected chi connectivity index (χ3v) is 11.1. The first-order valence-corrected chi connectivity index (χ1v) is 25.5. The number of amides is 2. The molecular formula is C56H68N10O16. The highest BCUT2D eigenvalue weighted by Gasteiger charge is 2.23. The lowest BCUT2D eigenvalue weighted by Gasteiger charge is -2.20. The normalized spacial score (nSPS) is 11.7. The molecule has 4 aromatic carbocycles. The molecule has 6 aromatic rings. The number of carbonyl (C=O) groups excluding carboxylic acids is 3. The van der Waals surface area contributed by atoms with Crippen molar-refractivity contribution in [1.29, 1.82) is 0 Å². The quantitative estimate of drug-likeness (QED) is 0.0101. The molecule has 2 unspecified atom stereocenters. The van der Waals surface area contributed by atoms with Crippen LogP contribution < -0.4 is 51.7 Å². The summed E-state index contributed by atoms with van der Waals surface area (Å²) in [4.78, 5) is 57.8. The van der Waals surface area contributed by atoms with Crippen LogP contribution in [0.1, 0.15) is 101 Å². The summed E-state index contributed by atoms with van der Waals surface area (Å²) in [6.07, 6.45) is 0.608. The average Bonchev–Trinajstić information content (AvgIpc) is 3.70. The number of amidine groups is 2. The van der Waals surface area contributed by atoms with Crippen LogP contribution in [0.3, 0.4) is 0 Å². The number of ether oxygens (including phenoxy) is 5. The van der Waals surface area contributed by atoms with Crippen LogP contribution >= 0.6 is 0 Å². The predicted octanol–water partition coefficient (Wildman–Crippen LogP) is 5.36. The van der Waals surface area contributed by atoms with E-state index in [1.54, 1.807) is 106 Å². The van der Waals surface area contributed by atoms with Crippen molar-refractivity contribution in [3.8, 4) is 23.0 Å². The number of oxime groups is 2. The van der Waals surface area contributed by atoms with Gasteiger partial charge in [-0.3, -0.25) is 9.59 Å². The second kappa shape index (κ2) is 33.6. The molecule has 438 valence electrons. The number of aliphatic hydroxyl groups is 4. The van der Waals surface area contributed by atoms with Crippen molar-refractivity contribution in [2.75, 3.05) is 67.5 Å². The summed E-state index contributed by atoms with van der Waals surface area (Å²) in [5, 5.41) is 83.8. The van der Waals surface area contributed by atoms with E-state index < -0.39 is 55.8 Å². The van der Waals surface area contributed by atoms with Crippen molar-refractivity contribution in [2.24, 2.45) is 21.8 Å². The van der Waals surface area contributed by atoms with Gasteiger partial charge in [0.1, 0.15) is 23.8 Å². The summed E-state index contributed by atoms with van der Waals surface area (Å²) in [5.41, 5.74) is 15.1. The van der Waals surface area contributed by atoms with Crippen LogP contribution in [0.15, 0.2) is 120 Å². The number of nitrogens with one attached hydrogen (secondary N) is 4. The monoisotopic (exact) mass is 1140 g/mol. The Bertz CT molecular complexity index is 3110. The zero-order chi connectivity index (χ0) is 60.1.